The van der Waals surface area contributed by atoms with Crippen molar-refractivity contribution < 1.29 is 4.79 Å². The van der Waals surface area contributed by atoms with Gasteiger partial charge in [0.15, 0.2) is 0 Å². The van der Waals surface area contributed by atoms with Crippen LogP contribution >= 0.6 is 0 Å². The summed E-state index contributed by atoms with van der Waals surface area (Å²) in [4.78, 5) is 23.9. The average Bonchev–Trinajstić information content (AvgIpc) is 3.46. The summed E-state index contributed by atoms with van der Waals surface area (Å²) in [5.74, 6) is 0.496. The molecule has 1 saturated heterocycles. The zero-order chi connectivity index (χ0) is 21.0. The number of nitrogens with one attached hydrogen (secondary N) is 3. The largest absolute Gasteiger partial charge is 0.334 e. The lowest BCUT2D eigenvalue weighted by Gasteiger charge is -2.17. The lowest BCUT2D eigenvalue weighted by atomic mass is 10.1. The first kappa shape index (κ1) is 19.2. The highest BCUT2D eigenvalue weighted by molar-refractivity contribution is 5.90. The maximum absolute atomic E-state index is 12.5. The molecule has 0 radical (unpaired) electrons. The molecule has 8 heteroatoms. The standard InChI is InChI=1S/C23H23N7O/c31-23(27-19-8-9-30(15-19)14-16-4-2-1-3-5-16)29-22-7-6-20-21(28-22)10-17(11-24-20)18-12-25-26-13-18/h1-7,10-13,19H,8-9,14-15H2,(H,25,26)(H2,27,28,29,31). The van der Waals surface area contributed by atoms with E-state index in [4.69, 9.17) is 0 Å². The fourth-order valence-electron chi connectivity index (χ4n) is 3.92. The van der Waals surface area contributed by atoms with Gasteiger partial charge in [0, 0.05) is 49.2 Å². The molecule has 8 nitrogen and oxygen atoms in total. The second-order valence-electron chi connectivity index (χ2n) is 7.75. The molecular weight excluding hydrogens is 390 g/mol. The number of carbonyl (C=O) groups is 1. The fraction of sp³-hybridized carbons (Fsp3) is 0.217. The summed E-state index contributed by atoms with van der Waals surface area (Å²) in [5, 5.41) is 12.7. The first-order valence-corrected chi connectivity index (χ1v) is 10.3. The summed E-state index contributed by atoms with van der Waals surface area (Å²) in [5.41, 5.74) is 4.63. The van der Waals surface area contributed by atoms with Crippen LogP contribution in [0.25, 0.3) is 22.2 Å². The summed E-state index contributed by atoms with van der Waals surface area (Å²) in [6.07, 6.45) is 6.27. The van der Waals surface area contributed by atoms with Crippen LogP contribution in [0.4, 0.5) is 10.6 Å². The number of pyridine rings is 2. The SMILES string of the molecule is O=C(Nc1ccc2ncc(-c3cn[nH]c3)cc2n1)NC1CCN(Cc2ccccc2)C1. The van der Waals surface area contributed by atoms with Gasteiger partial charge in [0.25, 0.3) is 0 Å². The second kappa shape index (κ2) is 8.53. The van der Waals surface area contributed by atoms with Gasteiger partial charge in [0.2, 0.25) is 0 Å². The molecule has 0 bridgehead atoms. The number of urea groups is 1. The van der Waals surface area contributed by atoms with Gasteiger partial charge in [-0.3, -0.25) is 20.3 Å². The number of aromatic nitrogens is 4. The highest BCUT2D eigenvalue weighted by Gasteiger charge is 2.24. The van der Waals surface area contributed by atoms with Crippen molar-refractivity contribution in [3.63, 3.8) is 0 Å². The third-order valence-corrected chi connectivity index (χ3v) is 5.47. The number of benzene rings is 1. The molecule has 4 aromatic rings. The molecule has 1 unspecified atom stereocenters. The van der Waals surface area contributed by atoms with Crippen molar-refractivity contribution in [1.29, 1.82) is 0 Å². The molecule has 0 spiro atoms. The monoisotopic (exact) mass is 413 g/mol. The smallest absolute Gasteiger partial charge is 0.320 e. The number of aromatic amines is 1. The van der Waals surface area contributed by atoms with Crippen LogP contribution in [0.15, 0.2) is 67.1 Å². The molecular formula is C23H23N7O. The number of rotatable bonds is 5. The number of fused-ring (bicyclic) bond motifs is 1. The average molecular weight is 413 g/mol. The zero-order valence-electron chi connectivity index (χ0n) is 17.0. The van der Waals surface area contributed by atoms with Gasteiger partial charge < -0.3 is 5.32 Å². The van der Waals surface area contributed by atoms with Gasteiger partial charge in [-0.15, -0.1) is 0 Å². The van der Waals surface area contributed by atoms with Crippen molar-refractivity contribution in [2.45, 2.75) is 19.0 Å². The third kappa shape index (κ3) is 4.54. The number of hydrogen-bond donors (Lipinski definition) is 3. The number of H-pyrrole nitrogens is 1. The van der Waals surface area contributed by atoms with Gasteiger partial charge in [0.1, 0.15) is 5.82 Å². The van der Waals surface area contributed by atoms with Crippen LogP contribution in [0, 0.1) is 0 Å². The number of anilines is 1. The van der Waals surface area contributed by atoms with Crippen LogP contribution < -0.4 is 10.6 Å². The van der Waals surface area contributed by atoms with Crippen LogP contribution in [-0.2, 0) is 6.54 Å². The Bertz CT molecular complexity index is 1180. The van der Waals surface area contributed by atoms with Crippen LogP contribution in [0.1, 0.15) is 12.0 Å². The first-order valence-electron chi connectivity index (χ1n) is 10.3. The Morgan fingerprint density at radius 2 is 2.00 bits per heavy atom. The Labute approximate surface area is 179 Å². The van der Waals surface area contributed by atoms with Gasteiger partial charge >= 0.3 is 6.03 Å². The molecule has 1 aliphatic heterocycles. The van der Waals surface area contributed by atoms with E-state index in [1.807, 2.05) is 18.2 Å². The van der Waals surface area contributed by atoms with Gasteiger partial charge in [0.05, 0.1) is 17.2 Å². The van der Waals surface area contributed by atoms with Crippen LogP contribution in [0.2, 0.25) is 0 Å². The summed E-state index contributed by atoms with van der Waals surface area (Å²) < 4.78 is 0. The Kier molecular flexibility index (Phi) is 5.28. The summed E-state index contributed by atoms with van der Waals surface area (Å²) in [7, 11) is 0. The van der Waals surface area contributed by atoms with E-state index < -0.39 is 0 Å². The minimum absolute atomic E-state index is 0.124. The van der Waals surface area contributed by atoms with E-state index in [1.165, 1.54) is 5.56 Å². The Morgan fingerprint density at radius 3 is 2.84 bits per heavy atom. The lowest BCUT2D eigenvalue weighted by Crippen LogP contribution is -2.39. The van der Waals surface area contributed by atoms with Crippen molar-refractivity contribution in [3.8, 4) is 11.1 Å². The van der Waals surface area contributed by atoms with E-state index in [1.54, 1.807) is 24.7 Å². The van der Waals surface area contributed by atoms with Crippen LogP contribution in [-0.4, -0.2) is 50.2 Å². The quantitative estimate of drug-likeness (QED) is 0.466. The van der Waals surface area contributed by atoms with Gasteiger partial charge in [-0.1, -0.05) is 30.3 Å². The van der Waals surface area contributed by atoms with Gasteiger partial charge in [-0.2, -0.15) is 5.10 Å². The number of nitrogens with zero attached hydrogens (tertiary/aromatic N) is 4. The van der Waals surface area contributed by atoms with Crippen molar-refractivity contribution in [2.24, 2.45) is 0 Å². The van der Waals surface area contributed by atoms with E-state index in [9.17, 15) is 4.79 Å². The minimum atomic E-state index is -0.239. The molecule has 1 atom stereocenters. The Hall–Kier alpha value is -3.78. The molecule has 31 heavy (non-hydrogen) atoms. The molecule has 0 aliphatic carbocycles. The van der Waals surface area contributed by atoms with Crippen LogP contribution in [0.3, 0.4) is 0 Å². The zero-order valence-corrected chi connectivity index (χ0v) is 17.0. The predicted octanol–water partition coefficient (Wildman–Crippen LogP) is 3.42. The molecule has 1 aliphatic rings. The normalized spacial score (nSPS) is 16.5. The molecule has 1 aromatic carbocycles. The maximum atomic E-state index is 12.5. The molecule has 4 heterocycles. The molecule has 1 fully saturated rings. The second-order valence-corrected chi connectivity index (χ2v) is 7.75. The summed E-state index contributed by atoms with van der Waals surface area (Å²) in [6.45, 7) is 2.71. The number of amides is 2. The highest BCUT2D eigenvalue weighted by Crippen LogP contribution is 2.22. The number of likely N-dealkylation sites (tertiary alicyclic amines) is 1. The number of carbonyl (C=O) groups excluding carboxylic acids is 1. The van der Waals surface area contributed by atoms with Gasteiger partial charge in [-0.05, 0) is 30.2 Å². The van der Waals surface area contributed by atoms with Gasteiger partial charge in [-0.25, -0.2) is 9.78 Å². The third-order valence-electron chi connectivity index (χ3n) is 5.47. The number of hydrogen-bond acceptors (Lipinski definition) is 5. The van der Waals surface area contributed by atoms with Crippen molar-refractivity contribution in [1.82, 2.24) is 30.4 Å². The molecule has 5 rings (SSSR count). The summed E-state index contributed by atoms with van der Waals surface area (Å²) in [6, 6.07) is 15.8. The van der Waals surface area contributed by atoms with E-state index >= 15 is 0 Å². The van der Waals surface area contributed by atoms with Crippen LogP contribution in [0.5, 0.6) is 0 Å². The maximum Gasteiger partial charge on any atom is 0.320 e. The fourth-order valence-corrected chi connectivity index (χ4v) is 3.92. The van der Waals surface area contributed by atoms with E-state index in [-0.39, 0.29) is 12.1 Å². The molecule has 0 saturated carbocycles. The summed E-state index contributed by atoms with van der Waals surface area (Å²) >= 11 is 0. The van der Waals surface area contributed by atoms with Crippen molar-refractivity contribution in [2.75, 3.05) is 18.4 Å². The molecule has 3 aromatic heterocycles. The van der Waals surface area contributed by atoms with E-state index in [0.717, 1.165) is 42.7 Å². The lowest BCUT2D eigenvalue weighted by molar-refractivity contribution is 0.247. The minimum Gasteiger partial charge on any atom is -0.334 e. The van der Waals surface area contributed by atoms with E-state index in [2.05, 4.69) is 60.0 Å². The Morgan fingerprint density at radius 1 is 1.10 bits per heavy atom. The van der Waals surface area contributed by atoms with Crippen molar-refractivity contribution >= 4 is 22.9 Å². The molecule has 3 N–H and O–H groups in total. The highest BCUT2D eigenvalue weighted by atomic mass is 16.2. The Balaban J connectivity index is 1.20. The van der Waals surface area contributed by atoms with Crippen molar-refractivity contribution in [3.05, 3.63) is 72.7 Å². The molecule has 156 valence electrons. The first-order chi connectivity index (χ1) is 15.2. The topological polar surface area (TPSA) is 98.8 Å². The predicted molar refractivity (Wildman–Crippen MR) is 119 cm³/mol. The van der Waals surface area contributed by atoms with E-state index in [0.29, 0.717) is 11.3 Å². The molecule has 2 amide bonds.